The van der Waals surface area contributed by atoms with Gasteiger partial charge in [-0.25, -0.2) is 0 Å². The van der Waals surface area contributed by atoms with Crippen LogP contribution in [0.15, 0.2) is 24.3 Å². The van der Waals surface area contributed by atoms with Crippen molar-refractivity contribution in [1.82, 2.24) is 10.2 Å². The number of carbonyl (C=O) groups is 1. The second-order valence-corrected chi connectivity index (χ2v) is 5.60. The van der Waals surface area contributed by atoms with Crippen molar-refractivity contribution in [2.75, 3.05) is 13.1 Å². The molecule has 18 heavy (non-hydrogen) atoms. The third-order valence-corrected chi connectivity index (χ3v) is 3.75. The largest absolute Gasteiger partial charge is 0.386 e. The van der Waals surface area contributed by atoms with Gasteiger partial charge in [-0.05, 0) is 24.5 Å². The van der Waals surface area contributed by atoms with E-state index in [-0.39, 0.29) is 11.9 Å². The van der Waals surface area contributed by atoms with Crippen LogP contribution in [0.1, 0.15) is 18.1 Å². The predicted octanol–water partition coefficient (Wildman–Crippen LogP) is 0.294. The molecule has 4 nitrogen and oxygen atoms in total. The maximum absolute atomic E-state index is 12.2. The van der Waals surface area contributed by atoms with Gasteiger partial charge in [-0.3, -0.25) is 4.79 Å². The van der Waals surface area contributed by atoms with E-state index in [1.165, 1.54) is 11.1 Å². The number of hydrogen-bond acceptors (Lipinski definition) is 3. The Kier molecular flexibility index (Phi) is 2.64. The summed E-state index contributed by atoms with van der Waals surface area (Å²) < 4.78 is 0. The van der Waals surface area contributed by atoms with Crippen molar-refractivity contribution in [2.45, 2.75) is 31.5 Å². The van der Waals surface area contributed by atoms with Gasteiger partial charge < -0.3 is 15.3 Å². The van der Waals surface area contributed by atoms with Gasteiger partial charge >= 0.3 is 0 Å². The van der Waals surface area contributed by atoms with Gasteiger partial charge in [0.25, 0.3) is 0 Å². The number of hydrogen-bond donors (Lipinski definition) is 2. The summed E-state index contributed by atoms with van der Waals surface area (Å²) in [5.41, 5.74) is 1.83. The van der Waals surface area contributed by atoms with Crippen molar-refractivity contribution in [3.8, 4) is 0 Å². The molecule has 0 aliphatic carbocycles. The average molecular weight is 246 g/mol. The molecule has 3 rings (SSSR count). The minimum Gasteiger partial charge on any atom is -0.386 e. The topological polar surface area (TPSA) is 52.6 Å². The Balaban J connectivity index is 1.68. The maximum atomic E-state index is 12.2. The van der Waals surface area contributed by atoms with E-state index in [4.69, 9.17) is 0 Å². The molecule has 1 amide bonds. The van der Waals surface area contributed by atoms with Crippen LogP contribution < -0.4 is 5.32 Å². The van der Waals surface area contributed by atoms with E-state index in [2.05, 4.69) is 17.4 Å². The Morgan fingerprint density at radius 1 is 1.39 bits per heavy atom. The van der Waals surface area contributed by atoms with Crippen LogP contribution in [0, 0.1) is 0 Å². The molecule has 1 saturated heterocycles. The van der Waals surface area contributed by atoms with E-state index < -0.39 is 5.60 Å². The van der Waals surface area contributed by atoms with E-state index in [0.29, 0.717) is 13.1 Å². The monoisotopic (exact) mass is 246 g/mol. The van der Waals surface area contributed by atoms with Gasteiger partial charge in [0.1, 0.15) is 0 Å². The predicted molar refractivity (Wildman–Crippen MR) is 68.0 cm³/mol. The van der Waals surface area contributed by atoms with Crippen LogP contribution in [-0.4, -0.2) is 40.6 Å². The number of β-amino-alcohol motifs (C(OH)–C–C–N with tert-alkyl or cyclic N) is 1. The zero-order valence-corrected chi connectivity index (χ0v) is 10.5. The van der Waals surface area contributed by atoms with Gasteiger partial charge in [-0.1, -0.05) is 24.3 Å². The molecule has 1 aromatic carbocycles. The SMILES string of the molecule is CC1(O)CN(C(=O)[C@@H]2Cc3ccccc3CN2)C1. The standard InChI is InChI=1S/C14H18N2O2/c1-14(18)8-16(9-14)13(17)12-6-10-4-2-3-5-11(10)7-15-12/h2-5,12,15,18H,6-9H2,1H3/t12-/m0/s1. The average Bonchev–Trinajstić information content (AvgIpc) is 2.34. The Morgan fingerprint density at radius 2 is 2.06 bits per heavy atom. The molecule has 4 heteroatoms. The van der Waals surface area contributed by atoms with Crippen LogP contribution in [0.5, 0.6) is 0 Å². The molecule has 2 N–H and O–H groups in total. The first-order chi connectivity index (χ1) is 8.55. The highest BCUT2D eigenvalue weighted by atomic mass is 16.3. The lowest BCUT2D eigenvalue weighted by molar-refractivity contribution is -0.154. The van der Waals surface area contributed by atoms with Crippen molar-refractivity contribution in [2.24, 2.45) is 0 Å². The lowest BCUT2D eigenvalue weighted by Crippen LogP contribution is -2.65. The van der Waals surface area contributed by atoms with Crippen LogP contribution in [-0.2, 0) is 17.8 Å². The van der Waals surface area contributed by atoms with Gasteiger partial charge in [0.05, 0.1) is 24.7 Å². The van der Waals surface area contributed by atoms with Crippen molar-refractivity contribution in [1.29, 1.82) is 0 Å². The molecule has 1 fully saturated rings. The Morgan fingerprint density at radius 3 is 2.72 bits per heavy atom. The fourth-order valence-corrected chi connectivity index (χ4v) is 2.78. The molecular formula is C14H18N2O2. The van der Waals surface area contributed by atoms with Gasteiger partial charge in [0.15, 0.2) is 0 Å². The van der Waals surface area contributed by atoms with Gasteiger partial charge in [-0.15, -0.1) is 0 Å². The zero-order chi connectivity index (χ0) is 12.8. The highest BCUT2D eigenvalue weighted by molar-refractivity contribution is 5.83. The Hall–Kier alpha value is -1.39. The minimum atomic E-state index is -0.692. The number of aliphatic hydroxyl groups is 1. The van der Waals surface area contributed by atoms with E-state index in [1.807, 2.05) is 12.1 Å². The van der Waals surface area contributed by atoms with Crippen molar-refractivity contribution >= 4 is 5.91 Å². The molecule has 2 heterocycles. The van der Waals surface area contributed by atoms with Gasteiger partial charge in [0, 0.05) is 6.54 Å². The number of nitrogens with zero attached hydrogens (tertiary/aromatic N) is 1. The van der Waals surface area contributed by atoms with Crippen molar-refractivity contribution < 1.29 is 9.90 Å². The van der Waals surface area contributed by atoms with E-state index in [1.54, 1.807) is 11.8 Å². The number of benzene rings is 1. The number of amides is 1. The number of carbonyl (C=O) groups excluding carboxylic acids is 1. The Labute approximate surface area is 107 Å². The molecular weight excluding hydrogens is 228 g/mol. The third kappa shape index (κ3) is 2.02. The number of rotatable bonds is 1. The van der Waals surface area contributed by atoms with Crippen molar-refractivity contribution in [3.05, 3.63) is 35.4 Å². The summed E-state index contributed by atoms with van der Waals surface area (Å²) in [5.74, 6) is 0.107. The van der Waals surface area contributed by atoms with Crippen LogP contribution >= 0.6 is 0 Å². The highest BCUT2D eigenvalue weighted by Gasteiger charge is 2.41. The second-order valence-electron chi connectivity index (χ2n) is 5.60. The summed E-state index contributed by atoms with van der Waals surface area (Å²) >= 11 is 0. The second kappa shape index (κ2) is 4.07. The van der Waals surface area contributed by atoms with Crippen LogP contribution in [0.3, 0.4) is 0 Å². The lowest BCUT2D eigenvalue weighted by atomic mass is 9.92. The molecule has 2 aliphatic heterocycles. The van der Waals surface area contributed by atoms with Gasteiger partial charge in [0.2, 0.25) is 5.91 Å². The first-order valence-electron chi connectivity index (χ1n) is 6.36. The summed E-state index contributed by atoms with van der Waals surface area (Å²) in [6.45, 7) is 3.41. The molecule has 1 atom stereocenters. The number of fused-ring (bicyclic) bond motifs is 1. The van der Waals surface area contributed by atoms with Gasteiger partial charge in [-0.2, -0.15) is 0 Å². The Bertz CT molecular complexity index is 476. The highest BCUT2D eigenvalue weighted by Crippen LogP contribution is 2.23. The van der Waals surface area contributed by atoms with Crippen LogP contribution in [0.2, 0.25) is 0 Å². The lowest BCUT2D eigenvalue weighted by Gasteiger charge is -2.46. The normalized spacial score (nSPS) is 25.2. The summed E-state index contributed by atoms with van der Waals surface area (Å²) in [7, 11) is 0. The minimum absolute atomic E-state index is 0.107. The smallest absolute Gasteiger partial charge is 0.240 e. The molecule has 0 saturated carbocycles. The summed E-state index contributed by atoms with van der Waals surface area (Å²) in [4.78, 5) is 14.0. The molecule has 0 spiro atoms. The molecule has 0 unspecified atom stereocenters. The summed E-state index contributed by atoms with van der Waals surface area (Å²) in [6.07, 6.45) is 0.744. The van der Waals surface area contributed by atoms with E-state index >= 15 is 0 Å². The molecule has 96 valence electrons. The fourth-order valence-electron chi connectivity index (χ4n) is 2.78. The maximum Gasteiger partial charge on any atom is 0.240 e. The van der Waals surface area contributed by atoms with Crippen LogP contribution in [0.4, 0.5) is 0 Å². The fraction of sp³-hybridized carbons (Fsp3) is 0.500. The summed E-state index contributed by atoms with van der Waals surface area (Å²) in [6, 6.07) is 8.08. The third-order valence-electron chi connectivity index (χ3n) is 3.75. The van der Waals surface area contributed by atoms with Crippen LogP contribution in [0.25, 0.3) is 0 Å². The number of likely N-dealkylation sites (tertiary alicyclic amines) is 1. The summed E-state index contributed by atoms with van der Waals surface area (Å²) in [5, 5.41) is 13.0. The quantitative estimate of drug-likeness (QED) is 0.749. The van der Waals surface area contributed by atoms with E-state index in [0.717, 1.165) is 13.0 Å². The van der Waals surface area contributed by atoms with E-state index in [9.17, 15) is 9.90 Å². The molecule has 0 radical (unpaired) electrons. The molecule has 0 aromatic heterocycles. The molecule has 1 aromatic rings. The number of nitrogens with one attached hydrogen (secondary N) is 1. The molecule has 0 bridgehead atoms. The first-order valence-corrected chi connectivity index (χ1v) is 6.36. The zero-order valence-electron chi connectivity index (χ0n) is 10.5. The molecule has 2 aliphatic rings. The van der Waals surface area contributed by atoms with Crippen molar-refractivity contribution in [3.63, 3.8) is 0 Å². The first kappa shape index (κ1) is 11.7.